The average Bonchev–Trinajstić information content (AvgIpc) is 2.51. The van der Waals surface area contributed by atoms with Gasteiger partial charge in [0.05, 0.1) is 6.54 Å². The molecule has 0 saturated carbocycles. The SMILES string of the molecule is CC(C)C[C@H](C)C(=O)N(C)CC(=O)N[C@@H](CCCCNC(C)C)C(N)=O. The number of nitrogens with two attached hydrogens (primary N) is 1. The van der Waals surface area contributed by atoms with Gasteiger partial charge in [-0.1, -0.05) is 34.6 Å². The number of hydrogen-bond acceptors (Lipinski definition) is 4. The molecule has 26 heavy (non-hydrogen) atoms. The lowest BCUT2D eigenvalue weighted by Gasteiger charge is -2.23. The van der Waals surface area contributed by atoms with Gasteiger partial charge >= 0.3 is 0 Å². The molecule has 0 aromatic carbocycles. The lowest BCUT2D eigenvalue weighted by molar-refractivity contribution is -0.138. The summed E-state index contributed by atoms with van der Waals surface area (Å²) in [5.41, 5.74) is 5.39. The monoisotopic (exact) mass is 370 g/mol. The third kappa shape index (κ3) is 11.1. The van der Waals surface area contributed by atoms with Crippen molar-refractivity contribution >= 4 is 17.7 Å². The third-order valence-electron chi connectivity index (χ3n) is 4.15. The molecule has 3 amide bonds. The summed E-state index contributed by atoms with van der Waals surface area (Å²) in [4.78, 5) is 37.4. The summed E-state index contributed by atoms with van der Waals surface area (Å²) >= 11 is 0. The van der Waals surface area contributed by atoms with Crippen molar-refractivity contribution < 1.29 is 14.4 Å². The topological polar surface area (TPSA) is 105 Å². The number of carbonyl (C=O) groups is 3. The molecule has 0 spiro atoms. The molecule has 0 aliphatic rings. The van der Waals surface area contributed by atoms with E-state index in [9.17, 15) is 14.4 Å². The fraction of sp³-hybridized carbons (Fsp3) is 0.842. The first-order chi connectivity index (χ1) is 12.0. The Morgan fingerprint density at radius 3 is 2.15 bits per heavy atom. The maximum absolute atomic E-state index is 12.3. The van der Waals surface area contributed by atoms with E-state index in [4.69, 9.17) is 5.73 Å². The standard InChI is InChI=1S/C19H38N4O3/c1-13(2)11-15(5)19(26)23(6)12-17(24)22-16(18(20)25)9-7-8-10-21-14(3)4/h13-16,21H,7-12H2,1-6H3,(H2,20,25)(H,22,24)/t15-,16-/m0/s1. The summed E-state index contributed by atoms with van der Waals surface area (Å²) < 4.78 is 0. The molecule has 0 radical (unpaired) electrons. The Labute approximate surface area is 158 Å². The van der Waals surface area contributed by atoms with Crippen LogP contribution < -0.4 is 16.4 Å². The van der Waals surface area contributed by atoms with Crippen LogP contribution in [0.3, 0.4) is 0 Å². The quantitative estimate of drug-likeness (QED) is 0.425. The van der Waals surface area contributed by atoms with Crippen molar-refractivity contribution in [3.63, 3.8) is 0 Å². The number of nitrogens with zero attached hydrogens (tertiary/aromatic N) is 1. The van der Waals surface area contributed by atoms with Gasteiger partial charge in [-0.3, -0.25) is 14.4 Å². The van der Waals surface area contributed by atoms with E-state index in [2.05, 4.69) is 38.3 Å². The van der Waals surface area contributed by atoms with Crippen LogP contribution in [0.5, 0.6) is 0 Å². The minimum atomic E-state index is -0.696. The Kier molecular flexibility index (Phi) is 11.9. The average molecular weight is 371 g/mol. The van der Waals surface area contributed by atoms with E-state index < -0.39 is 11.9 Å². The lowest BCUT2D eigenvalue weighted by Crippen LogP contribution is -2.48. The number of unbranched alkanes of at least 4 members (excludes halogenated alkanes) is 1. The molecule has 4 N–H and O–H groups in total. The predicted octanol–water partition coefficient (Wildman–Crippen LogP) is 1.27. The van der Waals surface area contributed by atoms with E-state index in [-0.39, 0.29) is 24.3 Å². The zero-order chi connectivity index (χ0) is 20.3. The number of likely N-dealkylation sites (N-methyl/N-ethyl adjacent to an activating group) is 1. The second-order valence-corrected chi connectivity index (χ2v) is 7.85. The van der Waals surface area contributed by atoms with Crippen molar-refractivity contribution in [2.45, 2.75) is 72.4 Å². The smallest absolute Gasteiger partial charge is 0.240 e. The minimum Gasteiger partial charge on any atom is -0.368 e. The van der Waals surface area contributed by atoms with Crippen molar-refractivity contribution in [3.8, 4) is 0 Å². The van der Waals surface area contributed by atoms with Gasteiger partial charge in [0, 0.05) is 19.0 Å². The number of carbonyl (C=O) groups excluding carboxylic acids is 3. The maximum atomic E-state index is 12.3. The van der Waals surface area contributed by atoms with Crippen LogP contribution in [0.1, 0.15) is 60.3 Å². The molecule has 2 atom stereocenters. The van der Waals surface area contributed by atoms with Crippen LogP contribution in [0.15, 0.2) is 0 Å². The first kappa shape index (κ1) is 24.4. The van der Waals surface area contributed by atoms with E-state index in [0.717, 1.165) is 25.8 Å². The van der Waals surface area contributed by atoms with Gasteiger partial charge in [0.15, 0.2) is 0 Å². The Morgan fingerprint density at radius 1 is 1.04 bits per heavy atom. The molecular formula is C19H38N4O3. The van der Waals surface area contributed by atoms with Gasteiger partial charge in [-0.2, -0.15) is 0 Å². The summed E-state index contributed by atoms with van der Waals surface area (Å²) in [6, 6.07) is -0.272. The summed E-state index contributed by atoms with van der Waals surface area (Å²) in [5.74, 6) is -0.683. The van der Waals surface area contributed by atoms with Gasteiger partial charge in [-0.25, -0.2) is 0 Å². The van der Waals surface area contributed by atoms with Crippen molar-refractivity contribution in [1.29, 1.82) is 0 Å². The molecule has 0 rings (SSSR count). The first-order valence-electron chi connectivity index (χ1n) is 9.61. The largest absolute Gasteiger partial charge is 0.368 e. The molecule has 7 heteroatoms. The molecule has 7 nitrogen and oxygen atoms in total. The lowest BCUT2D eigenvalue weighted by atomic mass is 9.98. The second-order valence-electron chi connectivity index (χ2n) is 7.85. The Balaban J connectivity index is 4.36. The highest BCUT2D eigenvalue weighted by molar-refractivity contribution is 5.89. The number of hydrogen-bond donors (Lipinski definition) is 3. The molecule has 0 aliphatic carbocycles. The Bertz CT molecular complexity index is 452. The number of nitrogens with one attached hydrogen (secondary N) is 2. The minimum absolute atomic E-state index is 0.0655. The Morgan fingerprint density at radius 2 is 1.65 bits per heavy atom. The fourth-order valence-corrected chi connectivity index (χ4v) is 2.87. The predicted molar refractivity (Wildman–Crippen MR) is 104 cm³/mol. The van der Waals surface area contributed by atoms with Gasteiger partial charge in [0.25, 0.3) is 0 Å². The van der Waals surface area contributed by atoms with Crippen molar-refractivity contribution in [1.82, 2.24) is 15.5 Å². The molecule has 0 unspecified atom stereocenters. The zero-order valence-electron chi connectivity index (χ0n) is 17.3. The van der Waals surface area contributed by atoms with Gasteiger partial charge in [-0.15, -0.1) is 0 Å². The van der Waals surface area contributed by atoms with Gasteiger partial charge < -0.3 is 21.3 Å². The molecule has 0 aliphatic heterocycles. The second kappa shape index (κ2) is 12.7. The van der Waals surface area contributed by atoms with Crippen LogP contribution in [-0.2, 0) is 14.4 Å². The summed E-state index contributed by atoms with van der Waals surface area (Å²) in [6.45, 7) is 10.9. The first-order valence-corrected chi connectivity index (χ1v) is 9.61. The number of rotatable bonds is 13. The maximum Gasteiger partial charge on any atom is 0.240 e. The number of amides is 3. The van der Waals surface area contributed by atoms with E-state index >= 15 is 0 Å². The van der Waals surface area contributed by atoms with Crippen molar-refractivity contribution in [2.75, 3.05) is 20.1 Å². The van der Waals surface area contributed by atoms with Crippen LogP contribution in [0.25, 0.3) is 0 Å². The molecule has 0 bridgehead atoms. The van der Waals surface area contributed by atoms with E-state index in [1.807, 2.05) is 6.92 Å². The molecule has 0 fully saturated rings. The molecule has 0 aromatic rings. The van der Waals surface area contributed by atoms with Crippen LogP contribution in [0.2, 0.25) is 0 Å². The number of primary amides is 1. The highest BCUT2D eigenvalue weighted by Gasteiger charge is 2.23. The van der Waals surface area contributed by atoms with Crippen LogP contribution in [-0.4, -0.2) is 54.8 Å². The summed E-state index contributed by atoms with van der Waals surface area (Å²) in [5, 5.41) is 5.96. The fourth-order valence-electron chi connectivity index (χ4n) is 2.87. The molecule has 0 saturated heterocycles. The van der Waals surface area contributed by atoms with Crippen LogP contribution in [0, 0.1) is 11.8 Å². The van der Waals surface area contributed by atoms with Crippen LogP contribution >= 0.6 is 0 Å². The third-order valence-corrected chi connectivity index (χ3v) is 4.15. The zero-order valence-corrected chi connectivity index (χ0v) is 17.3. The van der Waals surface area contributed by atoms with Gasteiger partial charge in [0.1, 0.15) is 6.04 Å². The van der Waals surface area contributed by atoms with Gasteiger partial charge in [0.2, 0.25) is 17.7 Å². The summed E-state index contributed by atoms with van der Waals surface area (Å²) in [6.07, 6.45) is 2.97. The van der Waals surface area contributed by atoms with E-state index in [1.54, 1.807) is 7.05 Å². The summed E-state index contributed by atoms with van der Waals surface area (Å²) in [7, 11) is 1.61. The van der Waals surface area contributed by atoms with Crippen molar-refractivity contribution in [2.24, 2.45) is 17.6 Å². The molecular weight excluding hydrogens is 332 g/mol. The Hall–Kier alpha value is -1.63. The molecule has 0 heterocycles. The van der Waals surface area contributed by atoms with Crippen LogP contribution in [0.4, 0.5) is 0 Å². The highest BCUT2D eigenvalue weighted by Crippen LogP contribution is 2.13. The normalized spacial score (nSPS) is 13.5. The van der Waals surface area contributed by atoms with Gasteiger partial charge in [-0.05, 0) is 38.1 Å². The molecule has 0 aromatic heterocycles. The highest BCUT2D eigenvalue weighted by atomic mass is 16.2. The molecule has 152 valence electrons. The van der Waals surface area contributed by atoms with E-state index in [0.29, 0.717) is 18.4 Å². The van der Waals surface area contributed by atoms with Crippen molar-refractivity contribution in [3.05, 3.63) is 0 Å². The van der Waals surface area contributed by atoms with E-state index in [1.165, 1.54) is 4.90 Å².